The van der Waals surface area contributed by atoms with Crippen LogP contribution in [0.2, 0.25) is 0 Å². The van der Waals surface area contributed by atoms with E-state index in [1.807, 2.05) is 5.32 Å². The minimum Gasteiger partial charge on any atom is -0.314 e. The second-order valence-electron chi connectivity index (χ2n) is 6.73. The van der Waals surface area contributed by atoms with Crippen LogP contribution in [0.3, 0.4) is 0 Å². The van der Waals surface area contributed by atoms with E-state index in [2.05, 4.69) is 4.99 Å². The van der Waals surface area contributed by atoms with E-state index in [0.29, 0.717) is 16.8 Å². The Kier molecular flexibility index (Phi) is 5.27. The second kappa shape index (κ2) is 7.65. The van der Waals surface area contributed by atoms with Gasteiger partial charge in [-0.15, -0.1) is 0 Å². The molecule has 2 N–H and O–H groups in total. The molecule has 0 saturated carbocycles. The van der Waals surface area contributed by atoms with Crippen LogP contribution in [-0.2, 0) is 4.79 Å². The monoisotopic (exact) mass is 383 g/mol. The molecule has 0 spiro atoms. The summed E-state index contributed by atoms with van der Waals surface area (Å²) in [6, 6.07) is 12.0. The number of nitrogens with zero attached hydrogens (tertiary/aromatic N) is 3. The number of carbonyl (C=O) groups is 1. The van der Waals surface area contributed by atoms with E-state index in [0.717, 1.165) is 0 Å². The molecule has 0 radical (unpaired) electrons. The van der Waals surface area contributed by atoms with E-state index in [9.17, 15) is 25.0 Å². The van der Waals surface area contributed by atoms with Gasteiger partial charge in [0, 0.05) is 41.1 Å². The first kappa shape index (κ1) is 19.3. The molecule has 9 heteroatoms. The van der Waals surface area contributed by atoms with E-state index in [-0.39, 0.29) is 17.2 Å². The van der Waals surface area contributed by atoms with Crippen LogP contribution in [0.5, 0.6) is 0 Å². The number of quaternary nitrogens is 1. The van der Waals surface area contributed by atoms with E-state index in [1.54, 1.807) is 31.2 Å². The number of non-ortho nitro benzene ring substituents is 2. The second-order valence-corrected chi connectivity index (χ2v) is 6.73. The molecule has 0 fully saturated rings. The van der Waals surface area contributed by atoms with Crippen molar-refractivity contribution in [3.63, 3.8) is 0 Å². The molecule has 1 aliphatic heterocycles. The lowest BCUT2D eigenvalue weighted by Gasteiger charge is -2.31. The topological polar surface area (TPSA) is 132 Å². The maximum Gasteiger partial charge on any atom is 0.270 e. The number of hydrogen-bond acceptors (Lipinski definition) is 6. The smallest absolute Gasteiger partial charge is 0.270 e. The third kappa shape index (κ3) is 3.79. The molecular weight excluding hydrogens is 364 g/mol. The van der Waals surface area contributed by atoms with Gasteiger partial charge in [0.15, 0.2) is 0 Å². The highest BCUT2D eigenvalue weighted by Gasteiger charge is 2.39. The van der Waals surface area contributed by atoms with Crippen molar-refractivity contribution in [3.8, 4) is 0 Å². The largest absolute Gasteiger partial charge is 0.314 e. The van der Waals surface area contributed by atoms with Crippen molar-refractivity contribution in [3.05, 3.63) is 79.9 Å². The summed E-state index contributed by atoms with van der Waals surface area (Å²) < 4.78 is 0. The van der Waals surface area contributed by atoms with Gasteiger partial charge in [-0.3, -0.25) is 25.0 Å². The Morgan fingerprint density at radius 2 is 1.54 bits per heavy atom. The number of carbonyl (C=O) groups excluding carboxylic acids is 1. The van der Waals surface area contributed by atoms with E-state index in [1.165, 1.54) is 31.2 Å². The normalized spacial score (nSPS) is 21.6. The standard InChI is InChI=1S/C19H18N4O5/c1-11-17(12(2)24)18(13-5-3-7-15(9-13)22(25)26)21-19(20-11)14-6-4-8-16(10-14)23(27)28/h3-10,17-19,21H,1-2H3/p+1/t17?,18-,19+/m0/s1. The van der Waals surface area contributed by atoms with Crippen LogP contribution in [0.1, 0.15) is 37.2 Å². The van der Waals surface area contributed by atoms with Crippen molar-refractivity contribution in [1.29, 1.82) is 0 Å². The summed E-state index contributed by atoms with van der Waals surface area (Å²) in [5.41, 5.74) is 1.77. The van der Waals surface area contributed by atoms with Crippen molar-refractivity contribution < 1.29 is 20.0 Å². The van der Waals surface area contributed by atoms with E-state index < -0.39 is 28.0 Å². The van der Waals surface area contributed by atoms with Crippen molar-refractivity contribution in [2.45, 2.75) is 26.1 Å². The fraction of sp³-hybridized carbons (Fsp3) is 0.263. The van der Waals surface area contributed by atoms with Crippen molar-refractivity contribution >= 4 is 22.9 Å². The van der Waals surface area contributed by atoms with Crippen LogP contribution in [0.4, 0.5) is 11.4 Å². The van der Waals surface area contributed by atoms with Gasteiger partial charge in [0.25, 0.3) is 11.4 Å². The van der Waals surface area contributed by atoms with Gasteiger partial charge in [0.2, 0.25) is 6.17 Å². The number of nitrogens with two attached hydrogens (primary N) is 1. The van der Waals surface area contributed by atoms with Crippen LogP contribution in [0.15, 0.2) is 53.5 Å². The number of benzene rings is 2. The lowest BCUT2D eigenvalue weighted by Crippen LogP contribution is -2.89. The van der Waals surface area contributed by atoms with Crippen LogP contribution in [0, 0.1) is 26.1 Å². The molecule has 0 bridgehead atoms. The highest BCUT2D eigenvalue weighted by atomic mass is 16.6. The molecule has 2 aromatic carbocycles. The number of nitro groups is 2. The number of ketones is 1. The van der Waals surface area contributed by atoms with Gasteiger partial charge < -0.3 is 5.32 Å². The van der Waals surface area contributed by atoms with E-state index >= 15 is 0 Å². The van der Waals surface area contributed by atoms with Gasteiger partial charge in [0.05, 0.1) is 9.85 Å². The van der Waals surface area contributed by atoms with Crippen molar-refractivity contribution in [2.24, 2.45) is 10.9 Å². The lowest BCUT2D eigenvalue weighted by atomic mass is 9.84. The summed E-state index contributed by atoms with van der Waals surface area (Å²) in [7, 11) is 0. The quantitative estimate of drug-likeness (QED) is 0.625. The molecule has 0 aromatic heterocycles. The number of aliphatic imine (C=N–C) groups is 1. The Morgan fingerprint density at radius 1 is 1.00 bits per heavy atom. The van der Waals surface area contributed by atoms with Gasteiger partial charge in [-0.1, -0.05) is 24.3 Å². The fourth-order valence-electron chi connectivity index (χ4n) is 3.61. The van der Waals surface area contributed by atoms with Crippen LogP contribution < -0.4 is 5.32 Å². The average molecular weight is 383 g/mol. The molecule has 2 aromatic rings. The van der Waals surface area contributed by atoms with E-state index in [4.69, 9.17) is 0 Å². The Labute approximate surface area is 160 Å². The lowest BCUT2D eigenvalue weighted by molar-refractivity contribution is -0.738. The summed E-state index contributed by atoms with van der Waals surface area (Å²) in [6.45, 7) is 3.21. The molecule has 3 atom stereocenters. The first-order valence-corrected chi connectivity index (χ1v) is 8.66. The minimum absolute atomic E-state index is 0.0423. The molecule has 144 valence electrons. The Morgan fingerprint density at radius 3 is 2.07 bits per heavy atom. The van der Waals surface area contributed by atoms with Gasteiger partial charge >= 0.3 is 0 Å². The molecule has 0 saturated heterocycles. The van der Waals surface area contributed by atoms with Crippen molar-refractivity contribution in [2.75, 3.05) is 0 Å². The predicted octanol–water partition coefficient (Wildman–Crippen LogP) is 2.49. The number of nitro benzene ring substituents is 2. The van der Waals surface area contributed by atoms with Gasteiger partial charge in [0.1, 0.15) is 17.7 Å². The molecule has 0 amide bonds. The summed E-state index contributed by atoms with van der Waals surface area (Å²) in [5.74, 6) is -0.622. The zero-order valence-corrected chi connectivity index (χ0v) is 15.3. The molecule has 9 nitrogen and oxygen atoms in total. The Bertz CT molecular complexity index is 988. The zero-order chi connectivity index (χ0) is 20.4. The molecule has 1 unspecified atom stereocenters. The first-order chi connectivity index (χ1) is 13.3. The summed E-state index contributed by atoms with van der Waals surface area (Å²) in [6.07, 6.45) is -0.486. The highest BCUT2D eigenvalue weighted by Crippen LogP contribution is 2.30. The maximum absolute atomic E-state index is 12.3. The molecular formula is C19H19N4O5+. The van der Waals surface area contributed by atoms with Crippen molar-refractivity contribution in [1.82, 2.24) is 0 Å². The average Bonchev–Trinajstić information content (AvgIpc) is 2.67. The Balaban J connectivity index is 2.05. The van der Waals surface area contributed by atoms with Gasteiger partial charge in [-0.25, -0.2) is 4.99 Å². The molecule has 3 rings (SSSR count). The minimum atomic E-state index is -0.531. The first-order valence-electron chi connectivity index (χ1n) is 8.66. The SMILES string of the molecule is CC(=O)C1C(C)=N[C@@H](c2cccc([N+](=O)[O-])c2)[NH2+][C@H]1c1cccc([N+](=O)[O-])c1. The van der Waals surface area contributed by atoms with Crippen LogP contribution >= 0.6 is 0 Å². The molecule has 0 aliphatic carbocycles. The van der Waals surface area contributed by atoms with Crippen LogP contribution in [-0.4, -0.2) is 21.3 Å². The zero-order valence-electron chi connectivity index (χ0n) is 15.3. The molecule has 1 heterocycles. The maximum atomic E-state index is 12.3. The summed E-state index contributed by atoms with van der Waals surface area (Å²) >= 11 is 0. The molecule has 28 heavy (non-hydrogen) atoms. The highest BCUT2D eigenvalue weighted by molar-refractivity contribution is 6.04. The van der Waals surface area contributed by atoms with Gasteiger partial charge in [-0.05, 0) is 13.8 Å². The number of rotatable bonds is 5. The molecule has 1 aliphatic rings. The third-order valence-electron chi connectivity index (χ3n) is 4.87. The predicted molar refractivity (Wildman–Crippen MR) is 101 cm³/mol. The van der Waals surface area contributed by atoms with Crippen LogP contribution in [0.25, 0.3) is 0 Å². The number of Topliss-reactive ketones (excluding diaryl/α,β-unsaturated/α-hetero) is 1. The van der Waals surface area contributed by atoms with Gasteiger partial charge in [-0.2, -0.15) is 0 Å². The summed E-state index contributed by atoms with van der Waals surface area (Å²) in [4.78, 5) is 38.1. The third-order valence-corrected chi connectivity index (χ3v) is 4.87. The fourth-order valence-corrected chi connectivity index (χ4v) is 3.61. The summed E-state index contributed by atoms with van der Waals surface area (Å²) in [5, 5.41) is 24.1. The Hall–Kier alpha value is -3.46. The number of hydrogen-bond donors (Lipinski definition) is 1.